The highest BCUT2D eigenvalue weighted by Gasteiger charge is 2.34. The number of amides is 2. The highest BCUT2D eigenvalue weighted by Crippen LogP contribution is 2.25. The molecule has 3 N–H and O–H groups in total. The minimum Gasteiger partial charge on any atom is -0.481 e. The third-order valence-electron chi connectivity index (χ3n) is 4.26. The molecule has 0 spiro atoms. The van der Waals surface area contributed by atoms with Crippen LogP contribution in [0, 0.1) is 5.92 Å². The predicted octanol–water partition coefficient (Wildman–Crippen LogP) is 1.02. The summed E-state index contributed by atoms with van der Waals surface area (Å²) in [5.41, 5.74) is 0. The van der Waals surface area contributed by atoms with Crippen LogP contribution in [0.2, 0.25) is 0 Å². The van der Waals surface area contributed by atoms with Crippen molar-refractivity contribution >= 4 is 12.0 Å². The van der Waals surface area contributed by atoms with Crippen LogP contribution >= 0.6 is 0 Å². The van der Waals surface area contributed by atoms with Crippen LogP contribution in [0.5, 0.6) is 0 Å². The molecule has 2 fully saturated rings. The zero-order valence-corrected chi connectivity index (χ0v) is 12.1. The maximum Gasteiger partial charge on any atom is 0.315 e. The average Bonchev–Trinajstić information content (AvgIpc) is 2.99. The lowest BCUT2D eigenvalue weighted by Crippen LogP contribution is -2.50. The van der Waals surface area contributed by atoms with Gasteiger partial charge in [0, 0.05) is 18.6 Å². The van der Waals surface area contributed by atoms with Gasteiger partial charge in [0.15, 0.2) is 0 Å². The molecule has 0 radical (unpaired) electrons. The number of carbonyl (C=O) groups is 2. The van der Waals surface area contributed by atoms with Crippen molar-refractivity contribution in [2.24, 2.45) is 5.92 Å². The number of hydrogen-bond donors (Lipinski definition) is 3. The van der Waals surface area contributed by atoms with Crippen LogP contribution in [0.4, 0.5) is 4.79 Å². The molecule has 3 unspecified atom stereocenters. The summed E-state index contributed by atoms with van der Waals surface area (Å²) in [5.74, 6) is -1.24. The van der Waals surface area contributed by atoms with Crippen molar-refractivity contribution in [1.29, 1.82) is 0 Å². The van der Waals surface area contributed by atoms with Crippen LogP contribution in [0.25, 0.3) is 0 Å². The summed E-state index contributed by atoms with van der Waals surface area (Å²) in [4.78, 5) is 25.3. The number of hydrogen-bond acceptors (Lipinski definition) is 3. The van der Waals surface area contributed by atoms with E-state index in [1.54, 1.807) is 0 Å². The molecular weight excluding hydrogens is 258 g/mol. The number of nitrogens with one attached hydrogen (secondary N) is 2. The second kappa shape index (κ2) is 6.92. The van der Waals surface area contributed by atoms with Gasteiger partial charge in [-0.05, 0) is 45.7 Å². The summed E-state index contributed by atoms with van der Waals surface area (Å²) in [7, 11) is 0. The van der Waals surface area contributed by atoms with E-state index in [0.29, 0.717) is 6.42 Å². The van der Waals surface area contributed by atoms with Gasteiger partial charge < -0.3 is 20.6 Å². The Hall–Kier alpha value is -1.30. The maximum atomic E-state index is 11.9. The predicted molar refractivity (Wildman–Crippen MR) is 75.6 cm³/mol. The number of urea groups is 1. The number of carboxylic acid groups (broad SMARTS) is 1. The van der Waals surface area contributed by atoms with Crippen LogP contribution in [-0.4, -0.2) is 53.7 Å². The smallest absolute Gasteiger partial charge is 0.315 e. The molecule has 6 nitrogen and oxygen atoms in total. The van der Waals surface area contributed by atoms with Crippen molar-refractivity contribution in [2.75, 3.05) is 19.6 Å². The van der Waals surface area contributed by atoms with E-state index in [1.165, 1.54) is 12.8 Å². The summed E-state index contributed by atoms with van der Waals surface area (Å²) in [5, 5.41) is 14.8. The quantitative estimate of drug-likeness (QED) is 0.703. The van der Waals surface area contributed by atoms with Crippen molar-refractivity contribution in [3.8, 4) is 0 Å². The zero-order chi connectivity index (χ0) is 14.5. The van der Waals surface area contributed by atoms with Crippen LogP contribution in [0.1, 0.15) is 39.0 Å². The second-order valence-electron chi connectivity index (χ2n) is 6.01. The largest absolute Gasteiger partial charge is 0.481 e. The molecule has 0 aromatic carbocycles. The van der Waals surface area contributed by atoms with E-state index in [2.05, 4.69) is 15.5 Å². The van der Waals surface area contributed by atoms with E-state index >= 15 is 0 Å². The average molecular weight is 283 g/mol. The third-order valence-corrected chi connectivity index (χ3v) is 4.26. The van der Waals surface area contributed by atoms with Gasteiger partial charge in [-0.25, -0.2) is 4.79 Å². The lowest BCUT2D eigenvalue weighted by Gasteiger charge is -2.23. The fourth-order valence-corrected chi connectivity index (χ4v) is 3.26. The lowest BCUT2D eigenvalue weighted by atomic mass is 10.0. The molecule has 0 aromatic heterocycles. The normalized spacial score (nSPS) is 28.2. The standard InChI is InChI=1S/C14H25N3O3/c1-10(9-17-7-2-3-8-17)15-14(20)16-12-6-4-5-11(12)13(18)19/h10-12H,2-9H2,1H3,(H,18,19)(H2,15,16,20). The van der Waals surface area contributed by atoms with Crippen molar-refractivity contribution < 1.29 is 14.7 Å². The molecular formula is C14H25N3O3. The van der Waals surface area contributed by atoms with E-state index in [4.69, 9.17) is 5.11 Å². The van der Waals surface area contributed by atoms with Crippen molar-refractivity contribution in [2.45, 2.75) is 51.1 Å². The SMILES string of the molecule is CC(CN1CCCC1)NC(=O)NC1CCCC1C(=O)O. The summed E-state index contributed by atoms with van der Waals surface area (Å²) in [6.07, 6.45) is 4.75. The van der Waals surface area contributed by atoms with E-state index < -0.39 is 11.9 Å². The van der Waals surface area contributed by atoms with E-state index in [1.807, 2.05) is 6.92 Å². The van der Waals surface area contributed by atoms with Gasteiger partial charge in [0.2, 0.25) is 0 Å². The van der Waals surface area contributed by atoms with Crippen LogP contribution < -0.4 is 10.6 Å². The van der Waals surface area contributed by atoms with E-state index in [0.717, 1.165) is 32.5 Å². The van der Waals surface area contributed by atoms with E-state index in [9.17, 15) is 9.59 Å². The van der Waals surface area contributed by atoms with Gasteiger partial charge in [-0.3, -0.25) is 4.79 Å². The molecule has 2 aliphatic rings. The molecule has 20 heavy (non-hydrogen) atoms. The summed E-state index contributed by atoms with van der Waals surface area (Å²) in [6, 6.07) is -0.390. The third kappa shape index (κ3) is 4.10. The van der Waals surface area contributed by atoms with Gasteiger partial charge in [0.1, 0.15) is 0 Å². The lowest BCUT2D eigenvalue weighted by molar-refractivity contribution is -0.142. The minimum absolute atomic E-state index is 0.0813. The Labute approximate surface area is 119 Å². The van der Waals surface area contributed by atoms with Gasteiger partial charge >= 0.3 is 12.0 Å². The Balaban J connectivity index is 1.72. The van der Waals surface area contributed by atoms with Gasteiger partial charge in [-0.15, -0.1) is 0 Å². The number of carboxylic acids is 1. The molecule has 1 heterocycles. The van der Waals surface area contributed by atoms with Crippen molar-refractivity contribution in [3.05, 3.63) is 0 Å². The first-order valence-corrected chi connectivity index (χ1v) is 7.58. The molecule has 0 aromatic rings. The molecule has 0 bridgehead atoms. The van der Waals surface area contributed by atoms with E-state index in [-0.39, 0.29) is 18.1 Å². The monoisotopic (exact) mass is 283 g/mol. The Morgan fingerprint density at radius 2 is 1.95 bits per heavy atom. The Bertz CT molecular complexity index is 356. The van der Waals surface area contributed by atoms with Gasteiger partial charge in [-0.1, -0.05) is 6.42 Å². The summed E-state index contributed by atoms with van der Waals surface area (Å²) >= 11 is 0. The summed E-state index contributed by atoms with van der Waals surface area (Å²) < 4.78 is 0. The number of carbonyl (C=O) groups excluding carboxylic acids is 1. The molecule has 2 rings (SSSR count). The topological polar surface area (TPSA) is 81.7 Å². The molecule has 114 valence electrons. The molecule has 6 heteroatoms. The number of likely N-dealkylation sites (tertiary alicyclic amines) is 1. The minimum atomic E-state index is -0.807. The second-order valence-corrected chi connectivity index (χ2v) is 6.01. The molecule has 1 aliphatic carbocycles. The fraction of sp³-hybridized carbons (Fsp3) is 0.857. The van der Waals surface area contributed by atoms with Crippen molar-refractivity contribution in [1.82, 2.24) is 15.5 Å². The molecule has 1 saturated heterocycles. The zero-order valence-electron chi connectivity index (χ0n) is 12.1. The molecule has 3 atom stereocenters. The number of nitrogens with zero attached hydrogens (tertiary/aromatic N) is 1. The Morgan fingerprint density at radius 3 is 2.60 bits per heavy atom. The Kier molecular flexibility index (Phi) is 5.23. The Morgan fingerprint density at radius 1 is 1.25 bits per heavy atom. The first-order chi connectivity index (χ1) is 9.56. The van der Waals surface area contributed by atoms with Gasteiger partial charge in [0.25, 0.3) is 0 Å². The van der Waals surface area contributed by atoms with Crippen molar-refractivity contribution in [3.63, 3.8) is 0 Å². The molecule has 1 aliphatic heterocycles. The molecule has 1 saturated carbocycles. The fourth-order valence-electron chi connectivity index (χ4n) is 3.26. The number of aliphatic carboxylic acids is 1. The van der Waals surface area contributed by atoms with Gasteiger partial charge in [-0.2, -0.15) is 0 Å². The maximum absolute atomic E-state index is 11.9. The summed E-state index contributed by atoms with van der Waals surface area (Å²) in [6.45, 7) is 5.07. The van der Waals surface area contributed by atoms with Crippen LogP contribution in [-0.2, 0) is 4.79 Å². The molecule has 2 amide bonds. The van der Waals surface area contributed by atoms with Gasteiger partial charge in [0.05, 0.1) is 5.92 Å². The highest BCUT2D eigenvalue weighted by molar-refractivity contribution is 5.77. The number of rotatable bonds is 5. The highest BCUT2D eigenvalue weighted by atomic mass is 16.4. The van der Waals surface area contributed by atoms with Crippen LogP contribution in [0.15, 0.2) is 0 Å². The van der Waals surface area contributed by atoms with Crippen LogP contribution in [0.3, 0.4) is 0 Å². The first-order valence-electron chi connectivity index (χ1n) is 7.58. The first kappa shape index (κ1) is 15.1.